The fourth-order valence-electron chi connectivity index (χ4n) is 5.12. The number of hydrogen-bond donors (Lipinski definition) is 4. The molecule has 0 saturated heterocycles. The number of nitrogens with zero attached hydrogens (tertiary/aromatic N) is 4. The molecule has 60 heavy (non-hydrogen) atoms. The molecule has 310 valence electrons. The summed E-state index contributed by atoms with van der Waals surface area (Å²) in [4.78, 5) is 87.1. The second-order valence-corrected chi connectivity index (χ2v) is 12.9. The van der Waals surface area contributed by atoms with E-state index in [1.807, 2.05) is 0 Å². The molecule has 0 unspecified atom stereocenters. The number of aliphatic imine (C=N–C) groups is 2. The quantitative estimate of drug-likeness (QED) is 0.0260. The number of isocyanates is 2. The van der Waals surface area contributed by atoms with Crippen LogP contribution in [0.15, 0.2) is 105 Å². The molecule has 0 bridgehead atoms. The van der Waals surface area contributed by atoms with Crippen LogP contribution in [0.1, 0.15) is 61.8 Å². The number of amides is 4. The predicted molar refractivity (Wildman–Crippen MR) is 222 cm³/mol. The summed E-state index contributed by atoms with van der Waals surface area (Å²) in [6.07, 6.45) is 2.98. The van der Waals surface area contributed by atoms with Gasteiger partial charge in [-0.05, 0) is 136 Å². The van der Waals surface area contributed by atoms with Crippen LogP contribution in [0.25, 0.3) is 0 Å². The summed E-state index contributed by atoms with van der Waals surface area (Å²) in [6.45, 7) is 7.59. The van der Waals surface area contributed by atoms with E-state index in [4.69, 9.17) is 19.1 Å². The first-order valence-corrected chi connectivity index (χ1v) is 18.5. The number of aryl methyl sites for hydroxylation is 2. The van der Waals surface area contributed by atoms with Gasteiger partial charge in [-0.15, -0.1) is 0 Å². The van der Waals surface area contributed by atoms with Crippen LogP contribution in [-0.4, -0.2) is 61.0 Å². The van der Waals surface area contributed by atoms with Crippen molar-refractivity contribution in [3.63, 3.8) is 0 Å². The Bertz CT molecular complexity index is 2150. The number of carbonyl (C=O) groups excluding carboxylic acids is 6. The summed E-state index contributed by atoms with van der Waals surface area (Å²) in [5.41, 5.74) is 5.15. The van der Waals surface area contributed by atoms with Crippen LogP contribution in [-0.2, 0) is 19.3 Å². The summed E-state index contributed by atoms with van der Waals surface area (Å²) in [5, 5.41) is 18.1. The van der Waals surface area contributed by atoms with Gasteiger partial charge >= 0.3 is 24.4 Å². The van der Waals surface area contributed by atoms with Crippen LogP contribution in [0.3, 0.4) is 0 Å². The van der Waals surface area contributed by atoms with Crippen molar-refractivity contribution in [1.82, 2.24) is 10.6 Å². The molecule has 4 rings (SSSR count). The molecular formula is C42H42N8O10. The Morgan fingerprint density at radius 3 is 1.28 bits per heavy atom. The fraction of sp³-hybridized carbons (Fsp3) is 0.238. The predicted octanol–water partition coefficient (Wildman–Crippen LogP) is 8.62. The van der Waals surface area contributed by atoms with E-state index in [0.717, 1.165) is 24.0 Å². The Labute approximate surface area is 344 Å². The van der Waals surface area contributed by atoms with E-state index in [0.29, 0.717) is 71.2 Å². The molecule has 0 aliphatic carbocycles. The Hall–Kier alpha value is -7.94. The van der Waals surface area contributed by atoms with Gasteiger partial charge in [0.25, 0.3) is 0 Å². The third kappa shape index (κ3) is 15.2. The highest BCUT2D eigenvalue weighted by Crippen LogP contribution is 2.24. The highest BCUT2D eigenvalue weighted by molar-refractivity contribution is 5.99. The zero-order valence-electron chi connectivity index (χ0n) is 33.2. The van der Waals surface area contributed by atoms with E-state index in [1.54, 1.807) is 100 Å². The smallest absolute Gasteiger partial charge is 0.410 e. The largest absolute Gasteiger partial charge is 0.433 e. The van der Waals surface area contributed by atoms with Crippen molar-refractivity contribution in [1.29, 1.82) is 0 Å². The standard InChI is InChI=1S/C42H42N8O10/c1-27-9-15-33(23-37(27)45-25-51)47-41(55)57-35-17-11-31(12-18-35)29(3)49-59-39(53)43-21-7-5-6-8-22-44-40(54)60-50-30(4)32-13-19-36(20-14-32)58-42(56)48-34-16-10-28(2)38(24-34)46-26-52/h9-20,23-24H,5-8,21-22H2,1-4H3,(H,43,53)(H,44,54)(H,47,55)(H,48,56)/b49-29+,50-30+. The molecule has 4 N–H and O–H groups in total. The van der Waals surface area contributed by atoms with Gasteiger partial charge in [-0.3, -0.25) is 20.3 Å². The average Bonchev–Trinajstić information content (AvgIpc) is 3.23. The number of unbranched alkanes of at least 4 members (excludes halogenated alkanes) is 3. The molecule has 0 saturated carbocycles. The molecule has 18 heteroatoms. The number of carbonyl (C=O) groups is 4. The average molecular weight is 819 g/mol. The number of benzene rings is 4. The Balaban J connectivity index is 1.05. The van der Waals surface area contributed by atoms with E-state index in [-0.39, 0.29) is 11.5 Å². The molecule has 0 aliphatic rings. The third-order valence-corrected chi connectivity index (χ3v) is 8.38. The minimum Gasteiger partial charge on any atom is -0.410 e. The molecule has 0 spiro atoms. The fourth-order valence-corrected chi connectivity index (χ4v) is 5.12. The minimum absolute atomic E-state index is 0.263. The maximum absolute atomic E-state index is 12.3. The number of nitrogens with one attached hydrogen (secondary N) is 4. The molecule has 0 heterocycles. The Morgan fingerprint density at radius 2 is 0.917 bits per heavy atom. The number of anilines is 2. The maximum atomic E-state index is 12.3. The topological polar surface area (TPSA) is 237 Å². The van der Waals surface area contributed by atoms with Crippen LogP contribution in [0, 0.1) is 13.8 Å². The summed E-state index contributed by atoms with van der Waals surface area (Å²) in [5.74, 6) is 0.526. The van der Waals surface area contributed by atoms with Gasteiger partial charge in [-0.1, -0.05) is 35.3 Å². The van der Waals surface area contributed by atoms with Crippen molar-refractivity contribution in [3.05, 3.63) is 107 Å². The van der Waals surface area contributed by atoms with Crippen molar-refractivity contribution >= 4 is 70.7 Å². The number of hydrogen-bond acceptors (Lipinski definition) is 14. The zero-order chi connectivity index (χ0) is 43.3. The van der Waals surface area contributed by atoms with E-state index in [2.05, 4.69) is 41.6 Å². The van der Waals surface area contributed by atoms with Crippen LogP contribution in [0.2, 0.25) is 0 Å². The molecule has 4 aromatic carbocycles. The van der Waals surface area contributed by atoms with Crippen molar-refractivity contribution < 1.29 is 47.9 Å². The van der Waals surface area contributed by atoms with Gasteiger partial charge in [-0.2, -0.15) is 9.98 Å². The summed E-state index contributed by atoms with van der Waals surface area (Å²) in [7, 11) is 0. The molecule has 0 aliphatic heterocycles. The minimum atomic E-state index is -0.739. The molecular weight excluding hydrogens is 777 g/mol. The molecule has 4 amide bonds. The van der Waals surface area contributed by atoms with E-state index in [9.17, 15) is 28.8 Å². The first-order valence-electron chi connectivity index (χ1n) is 18.5. The third-order valence-electron chi connectivity index (χ3n) is 8.38. The van der Waals surface area contributed by atoms with Gasteiger partial charge in [0.05, 0.1) is 22.8 Å². The maximum Gasteiger partial charge on any atom is 0.433 e. The molecule has 0 fully saturated rings. The summed E-state index contributed by atoms with van der Waals surface area (Å²) in [6, 6.07) is 22.6. The first-order chi connectivity index (χ1) is 28.9. The highest BCUT2D eigenvalue weighted by Gasteiger charge is 2.11. The SMILES string of the molecule is C/C(=N\OC(=O)NCCCCCCNC(=O)O/N=C(\C)c1ccc(OC(=O)Nc2ccc(C)c(N=C=O)c2)cc1)c1ccc(OC(=O)Nc2ccc(C)c(N=C=O)c2)cc1. The summed E-state index contributed by atoms with van der Waals surface area (Å²) >= 11 is 0. The van der Waals surface area contributed by atoms with E-state index in [1.165, 1.54) is 24.3 Å². The van der Waals surface area contributed by atoms with E-state index < -0.39 is 24.4 Å². The van der Waals surface area contributed by atoms with Gasteiger partial charge in [0, 0.05) is 24.5 Å². The number of oxime groups is 2. The lowest BCUT2D eigenvalue weighted by atomic mass is 10.1. The normalized spacial score (nSPS) is 10.9. The van der Waals surface area contributed by atoms with Gasteiger partial charge in [0.15, 0.2) is 0 Å². The van der Waals surface area contributed by atoms with Crippen LogP contribution >= 0.6 is 0 Å². The van der Waals surface area contributed by atoms with Gasteiger partial charge < -0.3 is 20.1 Å². The lowest BCUT2D eigenvalue weighted by molar-refractivity contribution is 0.149. The van der Waals surface area contributed by atoms with Gasteiger partial charge in [-0.25, -0.2) is 28.8 Å². The lowest BCUT2D eigenvalue weighted by Crippen LogP contribution is -2.25. The highest BCUT2D eigenvalue weighted by atomic mass is 16.7. The van der Waals surface area contributed by atoms with Gasteiger partial charge in [0.1, 0.15) is 11.5 Å². The van der Waals surface area contributed by atoms with Gasteiger partial charge in [0.2, 0.25) is 12.2 Å². The van der Waals surface area contributed by atoms with Crippen LogP contribution < -0.4 is 30.7 Å². The van der Waals surface area contributed by atoms with Crippen LogP contribution in [0.5, 0.6) is 11.5 Å². The number of ether oxygens (including phenoxy) is 2. The second kappa shape index (κ2) is 23.3. The first kappa shape index (κ1) is 44.8. The number of rotatable bonds is 17. The van der Waals surface area contributed by atoms with E-state index >= 15 is 0 Å². The zero-order valence-corrected chi connectivity index (χ0v) is 33.2. The Morgan fingerprint density at radius 1 is 0.533 bits per heavy atom. The molecule has 0 radical (unpaired) electrons. The van der Waals surface area contributed by atoms with Crippen molar-refractivity contribution in [2.45, 2.75) is 53.4 Å². The van der Waals surface area contributed by atoms with Crippen molar-refractivity contribution in [3.8, 4) is 11.5 Å². The molecule has 4 aromatic rings. The summed E-state index contributed by atoms with van der Waals surface area (Å²) < 4.78 is 10.6. The van der Waals surface area contributed by atoms with Crippen LogP contribution in [0.4, 0.5) is 41.9 Å². The Kier molecular flexibility index (Phi) is 17.4. The molecule has 0 aromatic heterocycles. The lowest BCUT2D eigenvalue weighted by Gasteiger charge is -2.09. The van der Waals surface area contributed by atoms with Crippen molar-refractivity contribution in [2.24, 2.45) is 20.3 Å². The van der Waals surface area contributed by atoms with Crippen molar-refractivity contribution in [2.75, 3.05) is 23.7 Å². The monoisotopic (exact) mass is 818 g/mol. The molecule has 0 atom stereocenters. The second-order valence-electron chi connectivity index (χ2n) is 12.9. The molecule has 18 nitrogen and oxygen atoms in total.